The molecule has 1 aromatic heterocycles. The average Bonchev–Trinajstić information content (AvgIpc) is 2.82. The van der Waals surface area contributed by atoms with Crippen LogP contribution in [-0.2, 0) is 10.0 Å². The number of nitrogens with one attached hydrogen (secondary N) is 3. The maximum atomic E-state index is 11.8. The number of aryl methyl sites for hydroxylation is 1. The number of rotatable bonds is 6. The summed E-state index contributed by atoms with van der Waals surface area (Å²) in [6.45, 7) is 1.57. The number of carbonyl (C=O) groups is 1. The summed E-state index contributed by atoms with van der Waals surface area (Å²) >= 11 is 5.80. The van der Waals surface area contributed by atoms with Crippen molar-refractivity contribution in [2.45, 2.75) is 6.92 Å². The van der Waals surface area contributed by atoms with E-state index in [-0.39, 0.29) is 18.1 Å². The van der Waals surface area contributed by atoms with Gasteiger partial charge in [-0.05, 0) is 25.1 Å². The Balaban J connectivity index is 1.78. The first kappa shape index (κ1) is 17.1. The van der Waals surface area contributed by atoms with Crippen molar-refractivity contribution in [2.75, 3.05) is 22.3 Å². The monoisotopic (exact) mass is 358 g/mol. The maximum absolute atomic E-state index is 11.8. The second-order valence-corrected chi connectivity index (χ2v) is 6.91. The summed E-state index contributed by atoms with van der Waals surface area (Å²) in [6.07, 6.45) is 0. The summed E-state index contributed by atoms with van der Waals surface area (Å²) in [4.78, 5) is 11.7. The third kappa shape index (κ3) is 5.80. The quantitative estimate of drug-likeness (QED) is 0.732. The Labute approximate surface area is 138 Å². The number of hydrogen-bond donors (Lipinski definition) is 3. The van der Waals surface area contributed by atoms with Gasteiger partial charge in [0.2, 0.25) is 10.0 Å². The third-order valence-electron chi connectivity index (χ3n) is 2.63. The minimum absolute atomic E-state index is 0.0709. The smallest absolute Gasteiger partial charge is 0.319 e. The Morgan fingerprint density at radius 2 is 2.13 bits per heavy atom. The van der Waals surface area contributed by atoms with E-state index < -0.39 is 16.1 Å². The van der Waals surface area contributed by atoms with Crippen LogP contribution in [0.3, 0.4) is 0 Å². The average molecular weight is 359 g/mol. The van der Waals surface area contributed by atoms with Gasteiger partial charge in [-0.3, -0.25) is 4.72 Å². The van der Waals surface area contributed by atoms with E-state index in [1.807, 2.05) is 0 Å². The van der Waals surface area contributed by atoms with Crippen molar-refractivity contribution in [3.8, 4) is 0 Å². The highest BCUT2D eigenvalue weighted by Crippen LogP contribution is 2.14. The molecule has 124 valence electrons. The zero-order valence-electron chi connectivity index (χ0n) is 12.2. The molecule has 0 aliphatic rings. The van der Waals surface area contributed by atoms with E-state index in [4.69, 9.17) is 16.1 Å². The summed E-state index contributed by atoms with van der Waals surface area (Å²) in [5, 5.41) is 9.00. The number of nitrogens with zero attached hydrogens (tertiary/aromatic N) is 1. The molecule has 1 aromatic carbocycles. The molecule has 0 saturated heterocycles. The number of anilines is 2. The molecular weight excluding hydrogens is 344 g/mol. The van der Waals surface area contributed by atoms with Gasteiger partial charge in [0, 0.05) is 23.3 Å². The van der Waals surface area contributed by atoms with Crippen LogP contribution in [0.25, 0.3) is 0 Å². The fourth-order valence-corrected chi connectivity index (χ4v) is 2.74. The van der Waals surface area contributed by atoms with Gasteiger partial charge in [0.05, 0.1) is 5.75 Å². The Morgan fingerprint density at radius 1 is 1.35 bits per heavy atom. The van der Waals surface area contributed by atoms with Crippen molar-refractivity contribution < 1.29 is 17.7 Å². The maximum Gasteiger partial charge on any atom is 0.319 e. The Hall–Kier alpha value is -2.26. The van der Waals surface area contributed by atoms with Crippen LogP contribution in [0, 0.1) is 6.92 Å². The summed E-state index contributed by atoms with van der Waals surface area (Å²) in [5.41, 5.74) is 0.508. The molecule has 0 bridgehead atoms. The molecule has 0 radical (unpaired) electrons. The van der Waals surface area contributed by atoms with Crippen LogP contribution in [-0.4, -0.2) is 31.9 Å². The molecule has 0 spiro atoms. The highest BCUT2D eigenvalue weighted by molar-refractivity contribution is 7.92. The number of urea groups is 1. The molecule has 1 heterocycles. The molecule has 2 aromatic rings. The highest BCUT2D eigenvalue weighted by atomic mass is 35.5. The Morgan fingerprint density at radius 3 is 2.78 bits per heavy atom. The standard InChI is InChI=1S/C13H15ClN4O4S/c1-9-7-12(17-22-9)18-23(20,21)6-5-15-13(19)16-11-4-2-3-10(14)8-11/h2-4,7-8H,5-6H2,1H3,(H,17,18)(H2,15,16,19). The molecule has 0 atom stereocenters. The van der Waals surface area contributed by atoms with Gasteiger partial charge in [-0.2, -0.15) is 0 Å². The van der Waals surface area contributed by atoms with E-state index >= 15 is 0 Å². The SMILES string of the molecule is Cc1cc(NS(=O)(=O)CCNC(=O)Nc2cccc(Cl)c2)no1. The van der Waals surface area contributed by atoms with Gasteiger partial charge in [-0.25, -0.2) is 13.2 Å². The van der Waals surface area contributed by atoms with Crippen molar-refractivity contribution in [1.29, 1.82) is 0 Å². The van der Waals surface area contributed by atoms with E-state index in [1.165, 1.54) is 6.07 Å². The van der Waals surface area contributed by atoms with Crippen molar-refractivity contribution >= 4 is 39.2 Å². The summed E-state index contributed by atoms with van der Waals surface area (Å²) in [7, 11) is -3.63. The van der Waals surface area contributed by atoms with E-state index in [0.717, 1.165) is 0 Å². The normalized spacial score (nSPS) is 11.0. The summed E-state index contributed by atoms with van der Waals surface area (Å²) < 4.78 is 30.6. The highest BCUT2D eigenvalue weighted by Gasteiger charge is 2.13. The molecule has 2 amide bonds. The van der Waals surface area contributed by atoms with Gasteiger partial charge in [0.1, 0.15) is 5.76 Å². The number of halogens is 1. The molecule has 3 N–H and O–H groups in total. The van der Waals surface area contributed by atoms with E-state index in [2.05, 4.69) is 20.5 Å². The zero-order valence-corrected chi connectivity index (χ0v) is 13.7. The number of hydrogen-bond acceptors (Lipinski definition) is 5. The van der Waals surface area contributed by atoms with Crippen LogP contribution < -0.4 is 15.4 Å². The van der Waals surface area contributed by atoms with Crippen LogP contribution in [0.1, 0.15) is 5.76 Å². The molecule has 0 fully saturated rings. The first-order valence-electron chi connectivity index (χ1n) is 6.58. The van der Waals surface area contributed by atoms with E-state index in [0.29, 0.717) is 16.5 Å². The lowest BCUT2D eigenvalue weighted by Gasteiger charge is -2.08. The van der Waals surface area contributed by atoms with Gasteiger partial charge >= 0.3 is 6.03 Å². The van der Waals surface area contributed by atoms with Crippen LogP contribution in [0.2, 0.25) is 5.02 Å². The van der Waals surface area contributed by atoms with Crippen molar-refractivity contribution in [1.82, 2.24) is 10.5 Å². The number of carbonyl (C=O) groups excluding carboxylic acids is 1. The number of amides is 2. The minimum Gasteiger partial charge on any atom is -0.360 e. The summed E-state index contributed by atoms with van der Waals surface area (Å²) in [5.74, 6) is 0.287. The van der Waals surface area contributed by atoms with Gasteiger partial charge in [-0.15, -0.1) is 0 Å². The predicted octanol–water partition coefficient (Wildman–Crippen LogP) is 2.20. The third-order valence-corrected chi connectivity index (χ3v) is 4.12. The lowest BCUT2D eigenvalue weighted by Crippen LogP contribution is -2.34. The van der Waals surface area contributed by atoms with Crippen molar-refractivity contribution in [3.63, 3.8) is 0 Å². The molecule has 0 unspecified atom stereocenters. The van der Waals surface area contributed by atoms with Gasteiger partial charge in [0.15, 0.2) is 5.82 Å². The lowest BCUT2D eigenvalue weighted by atomic mass is 10.3. The van der Waals surface area contributed by atoms with Gasteiger partial charge in [0.25, 0.3) is 0 Å². The first-order valence-corrected chi connectivity index (χ1v) is 8.61. The molecule has 2 rings (SSSR count). The fraction of sp³-hybridized carbons (Fsp3) is 0.231. The number of benzene rings is 1. The molecule has 10 heteroatoms. The van der Waals surface area contributed by atoms with Crippen molar-refractivity contribution in [2.24, 2.45) is 0 Å². The van der Waals surface area contributed by atoms with Crippen LogP contribution in [0.5, 0.6) is 0 Å². The van der Waals surface area contributed by atoms with Crippen LogP contribution in [0.4, 0.5) is 16.3 Å². The minimum atomic E-state index is -3.63. The largest absolute Gasteiger partial charge is 0.360 e. The topological polar surface area (TPSA) is 113 Å². The number of sulfonamides is 1. The van der Waals surface area contributed by atoms with E-state index in [9.17, 15) is 13.2 Å². The summed E-state index contributed by atoms with van der Waals surface area (Å²) in [6, 6.07) is 7.53. The molecule has 8 nitrogen and oxygen atoms in total. The van der Waals surface area contributed by atoms with Gasteiger partial charge in [-0.1, -0.05) is 22.8 Å². The van der Waals surface area contributed by atoms with Crippen LogP contribution >= 0.6 is 11.6 Å². The molecule has 23 heavy (non-hydrogen) atoms. The molecule has 0 aliphatic carbocycles. The van der Waals surface area contributed by atoms with E-state index in [1.54, 1.807) is 31.2 Å². The lowest BCUT2D eigenvalue weighted by molar-refractivity contribution is 0.252. The second kappa shape index (κ2) is 7.34. The molecular formula is C13H15ClN4O4S. The molecule has 0 aliphatic heterocycles. The second-order valence-electron chi connectivity index (χ2n) is 4.63. The Kier molecular flexibility index (Phi) is 5.45. The fourth-order valence-electron chi connectivity index (χ4n) is 1.67. The van der Waals surface area contributed by atoms with Crippen molar-refractivity contribution in [3.05, 3.63) is 41.1 Å². The van der Waals surface area contributed by atoms with Crippen LogP contribution in [0.15, 0.2) is 34.9 Å². The predicted molar refractivity (Wildman–Crippen MR) is 87.1 cm³/mol. The first-order chi connectivity index (χ1) is 10.8. The Bertz CT molecular complexity index is 791. The van der Waals surface area contributed by atoms with Gasteiger partial charge < -0.3 is 15.2 Å². The molecule has 0 saturated carbocycles. The zero-order chi connectivity index (χ0) is 16.9. The number of aromatic nitrogens is 1.